The monoisotopic (exact) mass is 749 g/mol. The van der Waals surface area contributed by atoms with Crippen LogP contribution in [0.1, 0.15) is 39.0 Å². The normalized spacial score (nSPS) is 11.3. The molecule has 15 nitrogen and oxygen atoms in total. The van der Waals surface area contributed by atoms with Crippen LogP contribution in [0.2, 0.25) is 0 Å². The third-order valence-corrected chi connectivity index (χ3v) is 6.82. The van der Waals surface area contributed by atoms with Crippen molar-refractivity contribution in [3.05, 3.63) is 24.3 Å². The van der Waals surface area contributed by atoms with E-state index < -0.39 is 0 Å². The van der Waals surface area contributed by atoms with Crippen molar-refractivity contribution >= 4 is 11.7 Å². The summed E-state index contributed by atoms with van der Waals surface area (Å²) in [7, 11) is 0. The number of anilines is 1. The number of rotatable bonds is 42. The molecule has 0 bridgehead atoms. The zero-order valence-electron chi connectivity index (χ0n) is 31.6. The third-order valence-electron chi connectivity index (χ3n) is 6.82. The van der Waals surface area contributed by atoms with Gasteiger partial charge in [-0.15, -0.1) is 0 Å². The third kappa shape index (κ3) is 36.2. The lowest BCUT2D eigenvalue weighted by Crippen LogP contribution is -2.16. The van der Waals surface area contributed by atoms with Crippen LogP contribution >= 0.6 is 0 Å². The maximum atomic E-state index is 11.6. The van der Waals surface area contributed by atoms with Crippen molar-refractivity contribution in [3.63, 3.8) is 0 Å². The Hall–Kier alpha value is -2.15. The molecular weight excluding hydrogens is 682 g/mol. The van der Waals surface area contributed by atoms with E-state index >= 15 is 0 Å². The molecule has 52 heavy (non-hydrogen) atoms. The summed E-state index contributed by atoms with van der Waals surface area (Å²) in [4.78, 5) is 11.6. The molecule has 0 aliphatic heterocycles. The van der Waals surface area contributed by atoms with Gasteiger partial charge >= 0.3 is 5.97 Å². The van der Waals surface area contributed by atoms with E-state index in [9.17, 15) is 4.79 Å². The van der Waals surface area contributed by atoms with Crippen LogP contribution in [0, 0.1) is 0 Å². The van der Waals surface area contributed by atoms with E-state index in [1.165, 1.54) is 0 Å². The van der Waals surface area contributed by atoms with Gasteiger partial charge in [0.2, 0.25) is 0 Å². The summed E-state index contributed by atoms with van der Waals surface area (Å²) in [6.45, 7) is 13.6. The van der Waals surface area contributed by atoms with Gasteiger partial charge in [-0.1, -0.05) is 26.2 Å². The molecule has 0 radical (unpaired) electrons. The summed E-state index contributed by atoms with van der Waals surface area (Å²) in [6, 6.07) is 7.26. The Kier molecular flexibility index (Phi) is 36.9. The number of nitrogen functional groups attached to an aromatic ring is 1. The highest BCUT2D eigenvalue weighted by Crippen LogP contribution is 2.12. The number of hydrogen-bond donors (Lipinski definition) is 1. The molecule has 15 heteroatoms. The molecule has 0 saturated carbocycles. The maximum Gasteiger partial charge on any atom is 0.305 e. The topological polar surface area (TPSA) is 163 Å². The number of unbranched alkanes of at least 4 members (excludes halogenated alkanes) is 3. The number of nitrogens with two attached hydrogens (primary N) is 1. The summed E-state index contributed by atoms with van der Waals surface area (Å²) < 4.78 is 70.9. The molecule has 0 heterocycles. The van der Waals surface area contributed by atoms with Crippen LogP contribution in [-0.2, 0) is 61.6 Å². The molecule has 0 aliphatic carbocycles. The zero-order valence-corrected chi connectivity index (χ0v) is 31.6. The lowest BCUT2D eigenvalue weighted by molar-refractivity contribution is -0.145. The van der Waals surface area contributed by atoms with Gasteiger partial charge in [0, 0.05) is 12.1 Å². The molecule has 1 rings (SSSR count). The predicted octanol–water partition coefficient (Wildman–Crippen LogP) is 3.34. The number of ether oxygens (including phenoxy) is 13. The minimum Gasteiger partial charge on any atom is -0.491 e. The Morgan fingerprint density at radius 1 is 0.423 bits per heavy atom. The number of carbonyl (C=O) groups is 1. The van der Waals surface area contributed by atoms with E-state index in [-0.39, 0.29) is 12.6 Å². The van der Waals surface area contributed by atoms with Gasteiger partial charge in [0.1, 0.15) is 19.0 Å². The molecule has 0 unspecified atom stereocenters. The number of hydrogen-bond acceptors (Lipinski definition) is 15. The molecule has 0 aromatic heterocycles. The molecular formula is C37H67NO14. The lowest BCUT2D eigenvalue weighted by atomic mass is 10.2. The number of carbonyl (C=O) groups excluding carboxylic acids is 1. The van der Waals surface area contributed by atoms with E-state index in [1.807, 2.05) is 12.1 Å². The van der Waals surface area contributed by atoms with Gasteiger partial charge in [-0.3, -0.25) is 4.79 Å². The Morgan fingerprint density at radius 3 is 1.06 bits per heavy atom. The van der Waals surface area contributed by atoms with E-state index in [4.69, 9.17) is 67.3 Å². The van der Waals surface area contributed by atoms with Crippen molar-refractivity contribution in [2.75, 3.05) is 164 Å². The first-order valence-electron chi connectivity index (χ1n) is 18.7. The average Bonchev–Trinajstić information content (AvgIpc) is 3.15. The molecule has 2 N–H and O–H groups in total. The first-order chi connectivity index (χ1) is 25.7. The van der Waals surface area contributed by atoms with Crippen LogP contribution in [0.3, 0.4) is 0 Å². The average molecular weight is 750 g/mol. The van der Waals surface area contributed by atoms with Crippen molar-refractivity contribution in [2.24, 2.45) is 0 Å². The highest BCUT2D eigenvalue weighted by Gasteiger charge is 2.02. The minimum atomic E-state index is -0.154. The molecule has 0 spiro atoms. The number of esters is 1. The van der Waals surface area contributed by atoms with Gasteiger partial charge in [-0.25, -0.2) is 0 Å². The van der Waals surface area contributed by atoms with Crippen molar-refractivity contribution < 1.29 is 66.4 Å². The Bertz CT molecular complexity index is 867. The minimum absolute atomic E-state index is 0.154. The number of benzene rings is 1. The SMILES string of the molecule is CCCCCCC(=O)OCCOCCOCCOCCOCCOCCOCCOCCOCCOCCOCCOCCOc1ccc(N)cc1. The van der Waals surface area contributed by atoms with Gasteiger partial charge < -0.3 is 67.3 Å². The van der Waals surface area contributed by atoms with Gasteiger partial charge in [0.25, 0.3) is 0 Å². The zero-order chi connectivity index (χ0) is 37.3. The molecule has 304 valence electrons. The van der Waals surface area contributed by atoms with E-state index in [0.717, 1.165) is 31.4 Å². The van der Waals surface area contributed by atoms with Gasteiger partial charge in [0.05, 0.1) is 145 Å². The van der Waals surface area contributed by atoms with Crippen LogP contribution in [0.25, 0.3) is 0 Å². The summed E-state index contributed by atoms with van der Waals surface area (Å²) in [5.41, 5.74) is 6.35. The molecule has 0 fully saturated rings. The Balaban J connectivity index is 1.62. The highest BCUT2D eigenvalue weighted by atomic mass is 16.6. The van der Waals surface area contributed by atoms with Crippen LogP contribution in [0.5, 0.6) is 5.75 Å². The second-order valence-electron chi connectivity index (χ2n) is 11.2. The fraction of sp³-hybridized carbons (Fsp3) is 0.811. The molecule has 1 aromatic carbocycles. The van der Waals surface area contributed by atoms with Crippen LogP contribution in [-0.4, -0.2) is 165 Å². The summed E-state index contributed by atoms with van der Waals surface area (Å²) in [6.07, 6.45) is 4.75. The smallest absolute Gasteiger partial charge is 0.305 e. The summed E-state index contributed by atoms with van der Waals surface area (Å²) in [5.74, 6) is 0.614. The molecule has 0 saturated heterocycles. The van der Waals surface area contributed by atoms with Crippen LogP contribution in [0.15, 0.2) is 24.3 Å². The maximum absolute atomic E-state index is 11.6. The van der Waals surface area contributed by atoms with Crippen molar-refractivity contribution in [2.45, 2.75) is 39.0 Å². The van der Waals surface area contributed by atoms with Gasteiger partial charge in [-0.05, 0) is 30.7 Å². The van der Waals surface area contributed by atoms with E-state index in [2.05, 4.69) is 6.92 Å². The van der Waals surface area contributed by atoms with Gasteiger partial charge in [-0.2, -0.15) is 0 Å². The van der Waals surface area contributed by atoms with Crippen LogP contribution < -0.4 is 10.5 Å². The molecule has 0 aliphatic rings. The fourth-order valence-corrected chi connectivity index (χ4v) is 4.07. The lowest BCUT2D eigenvalue weighted by Gasteiger charge is -2.09. The first kappa shape index (κ1) is 47.9. The summed E-state index contributed by atoms with van der Waals surface area (Å²) >= 11 is 0. The molecule has 0 atom stereocenters. The van der Waals surface area contributed by atoms with Crippen molar-refractivity contribution in [1.82, 2.24) is 0 Å². The van der Waals surface area contributed by atoms with E-state index in [1.54, 1.807) is 12.1 Å². The Morgan fingerprint density at radius 2 is 0.731 bits per heavy atom. The largest absolute Gasteiger partial charge is 0.491 e. The summed E-state index contributed by atoms with van der Waals surface area (Å²) in [5, 5.41) is 0. The van der Waals surface area contributed by atoms with E-state index in [0.29, 0.717) is 164 Å². The van der Waals surface area contributed by atoms with Crippen molar-refractivity contribution in [3.8, 4) is 5.75 Å². The van der Waals surface area contributed by atoms with Crippen molar-refractivity contribution in [1.29, 1.82) is 0 Å². The second-order valence-corrected chi connectivity index (χ2v) is 11.2. The van der Waals surface area contributed by atoms with Crippen LogP contribution in [0.4, 0.5) is 5.69 Å². The predicted molar refractivity (Wildman–Crippen MR) is 195 cm³/mol. The highest BCUT2D eigenvalue weighted by molar-refractivity contribution is 5.69. The standard InChI is InChI=1S/C37H67NO14/c1-2-3-4-5-6-37(39)52-34-32-50-30-28-48-26-24-46-22-20-44-18-16-42-14-12-40-11-13-41-15-17-43-19-21-45-23-25-47-27-29-49-31-33-51-36-9-7-35(38)8-10-36/h7-10H,2-6,11-34,38H2,1H3. The quantitative estimate of drug-likeness (QED) is 0.0588. The molecule has 0 amide bonds. The Labute approximate surface area is 311 Å². The second kappa shape index (κ2) is 40.0. The van der Waals surface area contributed by atoms with Gasteiger partial charge in [0.15, 0.2) is 0 Å². The fourth-order valence-electron chi connectivity index (χ4n) is 4.07. The first-order valence-corrected chi connectivity index (χ1v) is 18.7. The molecule has 1 aromatic rings.